The summed E-state index contributed by atoms with van der Waals surface area (Å²) < 4.78 is 4.40. The van der Waals surface area contributed by atoms with E-state index in [1.54, 1.807) is 18.5 Å². The predicted molar refractivity (Wildman–Crippen MR) is 78.0 cm³/mol. The van der Waals surface area contributed by atoms with Crippen LogP contribution >= 0.6 is 0 Å². The van der Waals surface area contributed by atoms with E-state index in [0.717, 1.165) is 18.7 Å². The van der Waals surface area contributed by atoms with Crippen molar-refractivity contribution in [3.63, 3.8) is 0 Å². The van der Waals surface area contributed by atoms with Crippen LogP contribution in [0.5, 0.6) is 0 Å². The van der Waals surface area contributed by atoms with Gasteiger partial charge >= 0.3 is 5.69 Å². The predicted octanol–water partition coefficient (Wildman–Crippen LogP) is -0.0941. The van der Waals surface area contributed by atoms with Gasteiger partial charge in [-0.05, 0) is 13.3 Å². The summed E-state index contributed by atoms with van der Waals surface area (Å²) in [6, 6.07) is -0.338. The van der Waals surface area contributed by atoms with Gasteiger partial charge in [0.1, 0.15) is 5.82 Å². The van der Waals surface area contributed by atoms with Gasteiger partial charge in [0.2, 0.25) is 0 Å². The number of nitrogens with two attached hydrogens (primary N) is 1. The molecule has 2 aromatic heterocycles. The number of hydrogen-bond donors (Lipinski definition) is 1. The maximum Gasteiger partial charge on any atom is 0.332 e. The lowest BCUT2D eigenvalue weighted by Crippen LogP contribution is -2.43. The van der Waals surface area contributed by atoms with Crippen molar-refractivity contribution in [2.75, 3.05) is 6.54 Å². The zero-order valence-electron chi connectivity index (χ0n) is 12.4. The molecule has 0 radical (unpaired) electrons. The molecular weight excluding hydrogens is 258 g/mol. The summed E-state index contributed by atoms with van der Waals surface area (Å²) in [6.45, 7) is 4.05. The molecule has 1 atom stereocenters. The maximum atomic E-state index is 12.6. The van der Waals surface area contributed by atoms with Crippen LogP contribution in [0.3, 0.4) is 0 Å². The average Bonchev–Trinajstić information content (AvgIpc) is 2.74. The fraction of sp³-hybridized carbons (Fsp3) is 0.615. The summed E-state index contributed by atoms with van der Waals surface area (Å²) in [5.41, 5.74) is 5.79. The number of imidazole rings is 1. The Bertz CT molecular complexity index is 753. The van der Waals surface area contributed by atoms with Crippen LogP contribution in [0.15, 0.2) is 9.59 Å². The lowest BCUT2D eigenvalue weighted by atomic mass is 10.3. The molecule has 7 heteroatoms. The smallest absolute Gasteiger partial charge is 0.328 e. The molecule has 0 spiro atoms. The standard InChI is InChI=1S/C13H21N5O2/c1-5-6-9-15-11-10(16(9)3)12(19)18(8(2)7-14)13(20)17(11)4/h8H,5-7,14H2,1-4H3. The summed E-state index contributed by atoms with van der Waals surface area (Å²) in [6.07, 6.45) is 1.70. The molecular formula is C13H21N5O2. The van der Waals surface area contributed by atoms with Crippen molar-refractivity contribution in [3.05, 3.63) is 26.7 Å². The van der Waals surface area contributed by atoms with Gasteiger partial charge in [0.05, 0.1) is 6.04 Å². The highest BCUT2D eigenvalue weighted by atomic mass is 16.2. The van der Waals surface area contributed by atoms with Crippen LogP contribution in [0.2, 0.25) is 0 Å². The van der Waals surface area contributed by atoms with Crippen LogP contribution < -0.4 is 17.0 Å². The van der Waals surface area contributed by atoms with Crippen molar-refractivity contribution in [2.45, 2.75) is 32.7 Å². The minimum Gasteiger partial charge on any atom is -0.328 e. The molecule has 0 aliphatic carbocycles. The first-order valence-electron chi connectivity index (χ1n) is 6.80. The molecule has 0 fully saturated rings. The van der Waals surface area contributed by atoms with Crippen molar-refractivity contribution >= 4 is 11.2 Å². The highest BCUT2D eigenvalue weighted by molar-refractivity contribution is 5.70. The first kappa shape index (κ1) is 14.5. The molecule has 7 nitrogen and oxygen atoms in total. The minimum atomic E-state index is -0.374. The number of hydrogen-bond acceptors (Lipinski definition) is 4. The van der Waals surface area contributed by atoms with E-state index in [1.807, 2.05) is 14.0 Å². The molecule has 0 aromatic carbocycles. The Balaban J connectivity index is 2.91. The monoisotopic (exact) mass is 279 g/mol. The molecule has 110 valence electrons. The molecule has 0 amide bonds. The van der Waals surface area contributed by atoms with Gasteiger partial charge in [-0.25, -0.2) is 9.78 Å². The summed E-state index contributed by atoms with van der Waals surface area (Å²) in [7, 11) is 3.44. The van der Waals surface area contributed by atoms with E-state index in [2.05, 4.69) is 4.98 Å². The van der Waals surface area contributed by atoms with Crippen molar-refractivity contribution < 1.29 is 0 Å². The van der Waals surface area contributed by atoms with Gasteiger partial charge < -0.3 is 10.3 Å². The van der Waals surface area contributed by atoms with E-state index < -0.39 is 0 Å². The van der Waals surface area contributed by atoms with Crippen LogP contribution in [0.25, 0.3) is 11.2 Å². The number of rotatable bonds is 4. The molecule has 0 saturated heterocycles. The zero-order valence-corrected chi connectivity index (χ0v) is 12.4. The summed E-state index contributed by atoms with van der Waals surface area (Å²) in [5.74, 6) is 0.813. The fourth-order valence-electron chi connectivity index (χ4n) is 2.40. The summed E-state index contributed by atoms with van der Waals surface area (Å²) in [5, 5.41) is 0. The van der Waals surface area contributed by atoms with Gasteiger partial charge in [0.15, 0.2) is 11.2 Å². The molecule has 0 aliphatic rings. The number of aromatic nitrogens is 4. The van der Waals surface area contributed by atoms with Crippen molar-refractivity contribution in [1.29, 1.82) is 0 Å². The summed E-state index contributed by atoms with van der Waals surface area (Å²) >= 11 is 0. The first-order valence-corrected chi connectivity index (χ1v) is 6.80. The fourth-order valence-corrected chi connectivity index (χ4v) is 2.40. The quantitative estimate of drug-likeness (QED) is 0.847. The van der Waals surface area contributed by atoms with E-state index in [9.17, 15) is 9.59 Å². The normalized spacial score (nSPS) is 13.1. The van der Waals surface area contributed by atoms with E-state index in [1.165, 1.54) is 9.13 Å². The molecule has 1 unspecified atom stereocenters. The largest absolute Gasteiger partial charge is 0.332 e. The van der Waals surface area contributed by atoms with E-state index >= 15 is 0 Å². The van der Waals surface area contributed by atoms with Crippen LogP contribution in [-0.4, -0.2) is 25.2 Å². The lowest BCUT2D eigenvalue weighted by molar-refractivity contribution is 0.501. The number of aryl methyl sites for hydroxylation is 3. The third-order valence-electron chi connectivity index (χ3n) is 3.66. The van der Waals surface area contributed by atoms with Crippen molar-refractivity contribution in [1.82, 2.24) is 18.7 Å². The minimum absolute atomic E-state index is 0.236. The van der Waals surface area contributed by atoms with Crippen LogP contribution in [0, 0.1) is 0 Å². The lowest BCUT2D eigenvalue weighted by Gasteiger charge is -2.13. The second-order valence-electron chi connectivity index (χ2n) is 5.11. The van der Waals surface area contributed by atoms with Gasteiger partial charge in [-0.15, -0.1) is 0 Å². The SMILES string of the molecule is CCCc1nc2c(c(=O)n(C(C)CN)c(=O)n2C)n1C. The van der Waals surface area contributed by atoms with Gasteiger partial charge in [0.25, 0.3) is 5.56 Å². The Morgan fingerprint density at radius 3 is 2.45 bits per heavy atom. The molecule has 2 heterocycles. The van der Waals surface area contributed by atoms with E-state index in [0.29, 0.717) is 11.2 Å². The van der Waals surface area contributed by atoms with Crippen LogP contribution in [0.4, 0.5) is 0 Å². The van der Waals surface area contributed by atoms with Gasteiger partial charge in [-0.1, -0.05) is 6.92 Å². The Kier molecular flexibility index (Phi) is 3.80. The molecule has 20 heavy (non-hydrogen) atoms. The third kappa shape index (κ3) is 1.98. The van der Waals surface area contributed by atoms with Gasteiger partial charge in [0, 0.05) is 27.1 Å². The number of nitrogens with zero attached hydrogens (tertiary/aromatic N) is 4. The molecule has 2 N–H and O–H groups in total. The second kappa shape index (κ2) is 5.24. The molecule has 2 aromatic rings. The Hall–Kier alpha value is -1.89. The Labute approximate surface area is 116 Å². The second-order valence-corrected chi connectivity index (χ2v) is 5.11. The molecule has 0 saturated carbocycles. The topological polar surface area (TPSA) is 87.8 Å². The third-order valence-corrected chi connectivity index (χ3v) is 3.66. The van der Waals surface area contributed by atoms with Gasteiger partial charge in [-0.2, -0.15) is 0 Å². The highest BCUT2D eigenvalue weighted by Gasteiger charge is 2.20. The Morgan fingerprint density at radius 1 is 1.25 bits per heavy atom. The van der Waals surface area contributed by atoms with Crippen molar-refractivity contribution in [3.8, 4) is 0 Å². The number of fused-ring (bicyclic) bond motifs is 1. The molecule has 0 bridgehead atoms. The van der Waals surface area contributed by atoms with Crippen LogP contribution in [0.1, 0.15) is 32.1 Å². The van der Waals surface area contributed by atoms with Crippen LogP contribution in [-0.2, 0) is 20.5 Å². The Morgan fingerprint density at radius 2 is 1.90 bits per heavy atom. The molecule has 0 aliphatic heterocycles. The highest BCUT2D eigenvalue weighted by Crippen LogP contribution is 2.11. The first-order chi connectivity index (χ1) is 9.43. The van der Waals surface area contributed by atoms with E-state index in [4.69, 9.17) is 5.73 Å². The maximum absolute atomic E-state index is 12.6. The van der Waals surface area contributed by atoms with Crippen molar-refractivity contribution in [2.24, 2.45) is 19.8 Å². The zero-order chi connectivity index (χ0) is 15.0. The van der Waals surface area contributed by atoms with Gasteiger partial charge in [-0.3, -0.25) is 13.9 Å². The molecule has 2 rings (SSSR count). The average molecular weight is 279 g/mol. The summed E-state index contributed by atoms with van der Waals surface area (Å²) in [4.78, 5) is 29.3. The van der Waals surface area contributed by atoms with E-state index in [-0.39, 0.29) is 23.8 Å².